The minimum atomic E-state index is 0.243. The average molecular weight is 275 g/mol. The van der Waals surface area contributed by atoms with E-state index >= 15 is 0 Å². The molecule has 0 atom stereocenters. The summed E-state index contributed by atoms with van der Waals surface area (Å²) in [4.78, 5) is 2.37. The lowest BCUT2D eigenvalue weighted by Crippen LogP contribution is -2.32. The molecule has 1 aromatic heterocycles. The quantitative estimate of drug-likeness (QED) is 0.844. The Bertz CT molecular complexity index is 548. The van der Waals surface area contributed by atoms with Gasteiger partial charge < -0.3 is 5.11 Å². The lowest BCUT2D eigenvalue weighted by Gasteiger charge is -2.25. The zero-order chi connectivity index (χ0) is 14.5. The Hall–Kier alpha value is -1.39. The zero-order valence-corrected chi connectivity index (χ0v) is 12.7. The van der Waals surface area contributed by atoms with Crippen LogP contribution in [0.4, 0.5) is 0 Å². The minimum Gasteiger partial charge on any atom is -0.396 e. The van der Waals surface area contributed by atoms with E-state index in [1.165, 1.54) is 10.9 Å². The van der Waals surface area contributed by atoms with Gasteiger partial charge in [-0.3, -0.25) is 9.58 Å². The van der Waals surface area contributed by atoms with Crippen LogP contribution in [0.5, 0.6) is 0 Å². The van der Waals surface area contributed by atoms with Crippen molar-refractivity contribution in [2.75, 3.05) is 13.2 Å². The smallest absolute Gasteiger partial charge is 0.0843 e. The van der Waals surface area contributed by atoms with Gasteiger partial charge in [0.05, 0.1) is 11.2 Å². The van der Waals surface area contributed by atoms with Crippen molar-refractivity contribution in [3.05, 3.63) is 30.0 Å². The van der Waals surface area contributed by atoms with Gasteiger partial charge in [-0.2, -0.15) is 5.10 Å². The summed E-state index contributed by atoms with van der Waals surface area (Å²) in [5.74, 6) is 0. The van der Waals surface area contributed by atoms with E-state index in [-0.39, 0.29) is 6.61 Å². The first-order valence-electron chi connectivity index (χ1n) is 7.46. The fraction of sp³-hybridized carbons (Fsp3) is 0.562. The Labute approximate surface area is 121 Å². The van der Waals surface area contributed by atoms with Crippen LogP contribution in [-0.4, -0.2) is 39.0 Å². The van der Waals surface area contributed by atoms with Crippen molar-refractivity contribution in [1.29, 1.82) is 0 Å². The molecule has 2 aromatic rings. The predicted molar refractivity (Wildman–Crippen MR) is 82.7 cm³/mol. The summed E-state index contributed by atoms with van der Waals surface area (Å²) in [7, 11) is 0. The van der Waals surface area contributed by atoms with Gasteiger partial charge in [0.15, 0.2) is 0 Å². The fourth-order valence-electron chi connectivity index (χ4n) is 2.54. The fourth-order valence-corrected chi connectivity index (χ4v) is 2.54. The Kier molecular flexibility index (Phi) is 5.15. The maximum absolute atomic E-state index is 9.03. The highest BCUT2D eigenvalue weighted by Gasteiger charge is 2.15. The molecule has 1 N–H and O–H groups in total. The highest BCUT2D eigenvalue weighted by Crippen LogP contribution is 2.20. The number of para-hydroxylation sites is 1. The molecule has 0 aliphatic carbocycles. The van der Waals surface area contributed by atoms with Crippen LogP contribution in [-0.2, 0) is 13.1 Å². The third-order valence-electron chi connectivity index (χ3n) is 3.72. The number of aliphatic hydroxyl groups is 1. The maximum atomic E-state index is 9.03. The molecule has 4 heteroatoms. The topological polar surface area (TPSA) is 41.3 Å². The van der Waals surface area contributed by atoms with Gasteiger partial charge in [-0.05, 0) is 33.3 Å². The molecular formula is C16H25N3O. The van der Waals surface area contributed by atoms with Gasteiger partial charge >= 0.3 is 0 Å². The molecule has 0 aliphatic heterocycles. The summed E-state index contributed by atoms with van der Waals surface area (Å²) in [5, 5.41) is 15.0. The molecule has 0 unspecified atom stereocenters. The molecule has 1 heterocycles. The average Bonchev–Trinajstić information content (AvgIpc) is 2.81. The van der Waals surface area contributed by atoms with Crippen LogP contribution in [0.25, 0.3) is 10.9 Å². The van der Waals surface area contributed by atoms with Gasteiger partial charge in [0.2, 0.25) is 0 Å². The van der Waals surface area contributed by atoms with E-state index in [2.05, 4.69) is 54.6 Å². The second-order valence-corrected chi connectivity index (χ2v) is 5.42. The summed E-state index contributed by atoms with van der Waals surface area (Å²) in [6.07, 6.45) is 0.810. The number of hydrogen-bond donors (Lipinski definition) is 1. The monoisotopic (exact) mass is 275 g/mol. The number of rotatable bonds is 7. The van der Waals surface area contributed by atoms with Crippen LogP contribution in [0.15, 0.2) is 24.3 Å². The van der Waals surface area contributed by atoms with E-state index in [1.54, 1.807) is 0 Å². The standard InChI is InChI=1S/C16H25N3O/c1-4-19-16-9-6-5-8-14(16)15(17-19)12-18(13(2)3)10-7-11-20/h5-6,8-9,13,20H,4,7,10-12H2,1-3H3. The van der Waals surface area contributed by atoms with E-state index in [0.29, 0.717) is 6.04 Å². The third-order valence-corrected chi connectivity index (χ3v) is 3.72. The largest absolute Gasteiger partial charge is 0.396 e. The Morgan fingerprint density at radius 2 is 2.05 bits per heavy atom. The third kappa shape index (κ3) is 3.19. The summed E-state index contributed by atoms with van der Waals surface area (Å²) >= 11 is 0. The molecule has 0 bridgehead atoms. The van der Waals surface area contributed by atoms with Crippen LogP contribution in [0.3, 0.4) is 0 Å². The minimum absolute atomic E-state index is 0.243. The van der Waals surface area contributed by atoms with Crippen molar-refractivity contribution >= 4 is 10.9 Å². The first kappa shape index (κ1) is 15.0. The van der Waals surface area contributed by atoms with Crippen LogP contribution in [0.1, 0.15) is 32.9 Å². The second-order valence-electron chi connectivity index (χ2n) is 5.42. The molecule has 0 saturated heterocycles. The van der Waals surface area contributed by atoms with E-state index in [9.17, 15) is 0 Å². The van der Waals surface area contributed by atoms with Crippen molar-refractivity contribution in [2.45, 2.75) is 46.3 Å². The number of hydrogen-bond acceptors (Lipinski definition) is 3. The molecule has 110 valence electrons. The Morgan fingerprint density at radius 3 is 2.70 bits per heavy atom. The second kappa shape index (κ2) is 6.86. The predicted octanol–water partition coefficient (Wildman–Crippen LogP) is 2.65. The molecule has 0 amide bonds. The normalized spacial score (nSPS) is 11.9. The van der Waals surface area contributed by atoms with Gasteiger partial charge in [-0.15, -0.1) is 0 Å². The van der Waals surface area contributed by atoms with Crippen molar-refractivity contribution < 1.29 is 5.11 Å². The van der Waals surface area contributed by atoms with Crippen molar-refractivity contribution in [3.8, 4) is 0 Å². The van der Waals surface area contributed by atoms with E-state index in [4.69, 9.17) is 10.2 Å². The first-order chi connectivity index (χ1) is 9.67. The van der Waals surface area contributed by atoms with Gasteiger partial charge in [-0.25, -0.2) is 0 Å². The summed E-state index contributed by atoms with van der Waals surface area (Å²) < 4.78 is 2.06. The summed E-state index contributed by atoms with van der Waals surface area (Å²) in [5.41, 5.74) is 2.34. The first-order valence-corrected chi connectivity index (χ1v) is 7.46. The summed E-state index contributed by atoms with van der Waals surface area (Å²) in [6, 6.07) is 8.86. The molecule has 0 aliphatic rings. The van der Waals surface area contributed by atoms with Gasteiger partial charge in [0.1, 0.15) is 0 Å². The van der Waals surface area contributed by atoms with E-state index in [1.807, 2.05) is 0 Å². The molecule has 0 saturated carbocycles. The molecule has 4 nitrogen and oxygen atoms in total. The van der Waals surface area contributed by atoms with E-state index < -0.39 is 0 Å². The SMILES string of the molecule is CCn1nc(CN(CCCO)C(C)C)c2ccccc21. The van der Waals surface area contributed by atoms with Crippen LogP contribution < -0.4 is 0 Å². The highest BCUT2D eigenvalue weighted by atomic mass is 16.3. The Morgan fingerprint density at radius 1 is 1.30 bits per heavy atom. The molecule has 0 spiro atoms. The van der Waals surface area contributed by atoms with Crippen molar-refractivity contribution in [1.82, 2.24) is 14.7 Å². The number of aryl methyl sites for hydroxylation is 1. The molecular weight excluding hydrogens is 250 g/mol. The number of benzene rings is 1. The number of nitrogens with zero attached hydrogens (tertiary/aromatic N) is 3. The maximum Gasteiger partial charge on any atom is 0.0843 e. The number of fused-ring (bicyclic) bond motifs is 1. The van der Waals surface area contributed by atoms with Crippen LogP contribution in [0, 0.1) is 0 Å². The Balaban J connectivity index is 2.27. The molecule has 1 aromatic carbocycles. The van der Waals surface area contributed by atoms with Gasteiger partial charge in [0, 0.05) is 37.7 Å². The lowest BCUT2D eigenvalue weighted by atomic mass is 10.2. The van der Waals surface area contributed by atoms with Crippen molar-refractivity contribution in [2.24, 2.45) is 0 Å². The molecule has 20 heavy (non-hydrogen) atoms. The molecule has 0 fully saturated rings. The zero-order valence-electron chi connectivity index (χ0n) is 12.7. The van der Waals surface area contributed by atoms with Crippen molar-refractivity contribution in [3.63, 3.8) is 0 Å². The molecule has 0 radical (unpaired) electrons. The number of aliphatic hydroxyl groups excluding tert-OH is 1. The molecule has 2 rings (SSSR count). The van der Waals surface area contributed by atoms with Gasteiger partial charge in [0.25, 0.3) is 0 Å². The van der Waals surface area contributed by atoms with Gasteiger partial charge in [-0.1, -0.05) is 18.2 Å². The summed E-state index contributed by atoms with van der Waals surface area (Å²) in [6.45, 7) is 9.38. The van der Waals surface area contributed by atoms with E-state index in [0.717, 1.165) is 31.7 Å². The van der Waals surface area contributed by atoms with Crippen LogP contribution in [0.2, 0.25) is 0 Å². The lowest BCUT2D eigenvalue weighted by molar-refractivity contribution is 0.183. The highest BCUT2D eigenvalue weighted by molar-refractivity contribution is 5.81. The number of aromatic nitrogens is 2. The van der Waals surface area contributed by atoms with Crippen LogP contribution >= 0.6 is 0 Å².